The smallest absolute Gasteiger partial charge is 0.267 e. The summed E-state index contributed by atoms with van der Waals surface area (Å²) in [5, 5.41) is 3.70. The van der Waals surface area contributed by atoms with Gasteiger partial charge in [-0.15, -0.1) is 11.3 Å². The molecule has 0 saturated carbocycles. The fraction of sp³-hybridized carbons (Fsp3) is 0.273. The molecular weight excluding hydrogens is 391 g/mol. The van der Waals surface area contributed by atoms with Crippen LogP contribution in [0, 0.1) is 12.7 Å². The molecule has 2 aromatic carbocycles. The number of aromatic nitrogens is 1. The van der Waals surface area contributed by atoms with Crippen LogP contribution in [0.1, 0.15) is 39.8 Å². The van der Waals surface area contributed by atoms with Crippen LogP contribution in [0.5, 0.6) is 11.5 Å². The van der Waals surface area contributed by atoms with E-state index < -0.39 is 0 Å². The Hall–Kier alpha value is -2.93. The maximum Gasteiger partial charge on any atom is 0.267 e. The second kappa shape index (κ2) is 9.05. The van der Waals surface area contributed by atoms with Crippen LogP contribution in [0.4, 0.5) is 10.1 Å². The van der Waals surface area contributed by atoms with Gasteiger partial charge >= 0.3 is 0 Å². The summed E-state index contributed by atoms with van der Waals surface area (Å²) in [5.41, 5.74) is 2.13. The summed E-state index contributed by atoms with van der Waals surface area (Å²) in [6, 6.07) is 11.6. The van der Waals surface area contributed by atoms with Crippen LogP contribution in [0.25, 0.3) is 0 Å². The number of methoxy groups -OCH3 is 1. The van der Waals surface area contributed by atoms with Crippen molar-refractivity contribution >= 4 is 22.9 Å². The van der Waals surface area contributed by atoms with E-state index in [4.69, 9.17) is 9.47 Å². The highest BCUT2D eigenvalue weighted by Crippen LogP contribution is 2.31. The fourth-order valence-electron chi connectivity index (χ4n) is 2.78. The van der Waals surface area contributed by atoms with E-state index in [1.807, 2.05) is 13.8 Å². The highest BCUT2D eigenvalue weighted by atomic mass is 32.1. The van der Waals surface area contributed by atoms with Gasteiger partial charge in [-0.2, -0.15) is 0 Å². The fourth-order valence-corrected chi connectivity index (χ4v) is 3.78. The minimum atomic E-state index is -0.276. The molecule has 152 valence electrons. The van der Waals surface area contributed by atoms with Crippen LogP contribution in [-0.2, 0) is 6.42 Å². The van der Waals surface area contributed by atoms with Crippen LogP contribution < -0.4 is 14.8 Å². The molecule has 0 saturated heterocycles. The summed E-state index contributed by atoms with van der Waals surface area (Å²) in [5.74, 6) is 0.659. The normalized spacial score (nSPS) is 10.8. The van der Waals surface area contributed by atoms with Crippen molar-refractivity contribution in [2.45, 2.75) is 33.3 Å². The van der Waals surface area contributed by atoms with Gasteiger partial charge in [0.25, 0.3) is 5.91 Å². The van der Waals surface area contributed by atoms with Crippen LogP contribution in [0.15, 0.2) is 42.5 Å². The molecule has 0 aliphatic rings. The molecule has 0 radical (unpaired) electrons. The Morgan fingerprint density at radius 2 is 1.93 bits per heavy atom. The number of halogens is 1. The van der Waals surface area contributed by atoms with Crippen molar-refractivity contribution < 1.29 is 18.7 Å². The van der Waals surface area contributed by atoms with Gasteiger partial charge in [-0.05, 0) is 50.6 Å². The Bertz CT molecular complexity index is 1000. The quantitative estimate of drug-likeness (QED) is 0.575. The molecule has 5 nitrogen and oxygen atoms in total. The van der Waals surface area contributed by atoms with Gasteiger partial charge in [0.05, 0.1) is 29.6 Å². The van der Waals surface area contributed by atoms with Gasteiger partial charge in [0.2, 0.25) is 0 Å². The van der Waals surface area contributed by atoms with Crippen LogP contribution in [0.2, 0.25) is 0 Å². The number of benzene rings is 2. The lowest BCUT2D eigenvalue weighted by atomic mass is 10.1. The number of aryl methyl sites for hydroxylation is 1. The number of carbonyl (C=O) groups is 1. The predicted molar refractivity (Wildman–Crippen MR) is 113 cm³/mol. The topological polar surface area (TPSA) is 60.5 Å². The van der Waals surface area contributed by atoms with Crippen molar-refractivity contribution in [2.24, 2.45) is 0 Å². The zero-order valence-corrected chi connectivity index (χ0v) is 17.6. The molecule has 0 spiro atoms. The Kier molecular flexibility index (Phi) is 6.49. The van der Waals surface area contributed by atoms with E-state index in [0.29, 0.717) is 34.2 Å². The number of ether oxygens (including phenoxy) is 2. The molecule has 0 unspecified atom stereocenters. The molecule has 1 N–H and O–H groups in total. The summed E-state index contributed by atoms with van der Waals surface area (Å²) in [6.07, 6.45) is 0.506. The van der Waals surface area contributed by atoms with E-state index in [1.54, 1.807) is 44.4 Å². The number of nitrogens with one attached hydrogen (secondary N) is 1. The molecule has 0 fully saturated rings. The minimum absolute atomic E-state index is 0.0356. The molecule has 0 aliphatic carbocycles. The molecule has 3 aromatic rings. The molecular formula is C22H23FN2O3S. The summed E-state index contributed by atoms with van der Waals surface area (Å²) in [6.45, 7) is 5.65. The van der Waals surface area contributed by atoms with Crippen LogP contribution in [-0.4, -0.2) is 24.1 Å². The van der Waals surface area contributed by atoms with Crippen molar-refractivity contribution in [3.8, 4) is 11.5 Å². The number of carbonyl (C=O) groups excluding carboxylic acids is 1. The zero-order valence-electron chi connectivity index (χ0n) is 16.8. The third-order valence-electron chi connectivity index (χ3n) is 4.11. The standard InChI is InChI=1S/C22H23FN2O3S/c1-13(2)28-19-10-9-17(27-4)12-18(19)25-22(26)21-14(3)24-20(29-21)11-15-5-7-16(23)8-6-15/h5-10,12-13H,11H2,1-4H3,(H,25,26). The number of hydrogen-bond acceptors (Lipinski definition) is 5. The average Bonchev–Trinajstić information content (AvgIpc) is 3.05. The minimum Gasteiger partial charge on any atom is -0.497 e. The first-order chi connectivity index (χ1) is 13.9. The van der Waals surface area contributed by atoms with Gasteiger partial charge in [-0.1, -0.05) is 12.1 Å². The molecule has 7 heteroatoms. The lowest BCUT2D eigenvalue weighted by molar-refractivity contribution is 0.102. The number of nitrogens with zero attached hydrogens (tertiary/aromatic N) is 1. The van der Waals surface area contributed by atoms with Crippen molar-refractivity contribution in [1.29, 1.82) is 0 Å². The third kappa shape index (κ3) is 5.32. The summed E-state index contributed by atoms with van der Waals surface area (Å²) < 4.78 is 24.1. The number of anilines is 1. The van der Waals surface area contributed by atoms with E-state index in [1.165, 1.54) is 23.5 Å². The van der Waals surface area contributed by atoms with Crippen molar-refractivity contribution in [3.63, 3.8) is 0 Å². The second-order valence-corrected chi connectivity index (χ2v) is 7.89. The van der Waals surface area contributed by atoms with Crippen LogP contribution >= 0.6 is 11.3 Å². The maximum absolute atomic E-state index is 13.1. The van der Waals surface area contributed by atoms with E-state index in [0.717, 1.165) is 10.6 Å². The average molecular weight is 415 g/mol. The monoisotopic (exact) mass is 414 g/mol. The van der Waals surface area contributed by atoms with Crippen molar-refractivity contribution in [3.05, 3.63) is 69.4 Å². The second-order valence-electron chi connectivity index (χ2n) is 6.81. The van der Waals surface area contributed by atoms with Gasteiger partial charge in [0.15, 0.2) is 0 Å². The lowest BCUT2D eigenvalue weighted by Crippen LogP contribution is -2.14. The van der Waals surface area contributed by atoms with E-state index in [-0.39, 0.29) is 17.8 Å². The molecule has 0 aliphatic heterocycles. The molecule has 1 aromatic heterocycles. The van der Waals surface area contributed by atoms with Gasteiger partial charge < -0.3 is 14.8 Å². The maximum atomic E-state index is 13.1. The van der Waals surface area contributed by atoms with Gasteiger partial charge in [-0.3, -0.25) is 4.79 Å². The Morgan fingerprint density at radius 1 is 1.21 bits per heavy atom. The molecule has 1 heterocycles. The SMILES string of the molecule is COc1ccc(OC(C)C)c(NC(=O)c2sc(Cc3ccc(F)cc3)nc2C)c1. The number of rotatable bonds is 7. The molecule has 29 heavy (non-hydrogen) atoms. The first-order valence-electron chi connectivity index (χ1n) is 9.22. The summed E-state index contributed by atoms with van der Waals surface area (Å²) in [4.78, 5) is 17.9. The van der Waals surface area contributed by atoms with Crippen molar-refractivity contribution in [2.75, 3.05) is 12.4 Å². The summed E-state index contributed by atoms with van der Waals surface area (Å²) >= 11 is 1.33. The number of hydrogen-bond donors (Lipinski definition) is 1. The Labute approximate surface area is 173 Å². The van der Waals surface area contributed by atoms with E-state index >= 15 is 0 Å². The van der Waals surface area contributed by atoms with Gasteiger partial charge in [0, 0.05) is 12.5 Å². The molecule has 1 amide bonds. The third-order valence-corrected chi connectivity index (χ3v) is 5.27. The van der Waals surface area contributed by atoms with Crippen LogP contribution in [0.3, 0.4) is 0 Å². The predicted octanol–water partition coefficient (Wildman–Crippen LogP) is 5.23. The first-order valence-corrected chi connectivity index (χ1v) is 10.0. The largest absolute Gasteiger partial charge is 0.497 e. The molecule has 0 atom stereocenters. The number of amides is 1. The van der Waals surface area contributed by atoms with Crippen molar-refractivity contribution in [1.82, 2.24) is 4.98 Å². The zero-order chi connectivity index (χ0) is 21.0. The van der Waals surface area contributed by atoms with Gasteiger partial charge in [-0.25, -0.2) is 9.37 Å². The lowest BCUT2D eigenvalue weighted by Gasteiger charge is -2.15. The highest BCUT2D eigenvalue weighted by molar-refractivity contribution is 7.14. The first kappa shape index (κ1) is 20.8. The van der Waals surface area contributed by atoms with Gasteiger partial charge in [0.1, 0.15) is 22.2 Å². The summed E-state index contributed by atoms with van der Waals surface area (Å²) in [7, 11) is 1.57. The van der Waals surface area contributed by atoms with E-state index in [9.17, 15) is 9.18 Å². The Balaban J connectivity index is 1.80. The van der Waals surface area contributed by atoms with E-state index in [2.05, 4.69) is 10.3 Å². The molecule has 3 rings (SSSR count). The molecule has 0 bridgehead atoms. The highest BCUT2D eigenvalue weighted by Gasteiger charge is 2.18. The number of thiazole rings is 1. The Morgan fingerprint density at radius 3 is 2.59 bits per heavy atom.